The number of halogens is 3. The minimum Gasteiger partial charge on any atom is -0.443 e. The summed E-state index contributed by atoms with van der Waals surface area (Å²) in [7, 11) is -4.03. The highest BCUT2D eigenvalue weighted by molar-refractivity contribution is 7.89. The first-order valence-corrected chi connectivity index (χ1v) is 12.2. The van der Waals surface area contributed by atoms with Gasteiger partial charge in [0.2, 0.25) is 5.09 Å². The van der Waals surface area contributed by atoms with Crippen LogP contribution in [0.15, 0.2) is 82.4 Å². The second kappa shape index (κ2) is 9.63. The molecule has 35 heavy (non-hydrogen) atoms. The molecule has 0 fully saturated rings. The van der Waals surface area contributed by atoms with Crippen LogP contribution in [0.2, 0.25) is 0 Å². The van der Waals surface area contributed by atoms with Crippen molar-refractivity contribution in [2.24, 2.45) is 0 Å². The zero-order valence-electron chi connectivity index (χ0n) is 18.5. The predicted octanol–water partition coefficient (Wildman–Crippen LogP) is 5.38. The Kier molecular flexibility index (Phi) is 6.77. The maximum atomic E-state index is 12.7. The molecule has 2 aromatic heterocycles. The SMILES string of the molecule is C[C@H](NS(=O)(=O)c1cc2ccccc2o1)C(=O)CCc1cccc(-c2ccc(C(F)(F)F)nc2)c1. The number of carbonyl (C=O) groups is 1. The Hall–Kier alpha value is -3.50. The van der Waals surface area contributed by atoms with Crippen molar-refractivity contribution in [1.82, 2.24) is 9.71 Å². The van der Waals surface area contributed by atoms with Crippen LogP contribution in [0.4, 0.5) is 13.2 Å². The number of rotatable bonds is 8. The standard InChI is InChI=1S/C25H21F3N2O4S/c1-16(30-35(32,33)24-14-19-6-2-3-8-22(19)34-24)21(31)11-9-17-5-4-7-18(13-17)20-10-12-23(29-15-20)25(26,27)28/h2-8,10,12-16,30H,9,11H2,1H3/t16-/m0/s1. The van der Waals surface area contributed by atoms with E-state index in [0.29, 0.717) is 28.5 Å². The van der Waals surface area contributed by atoms with E-state index in [9.17, 15) is 26.4 Å². The second-order valence-corrected chi connectivity index (χ2v) is 9.69. The molecule has 0 aliphatic carbocycles. The van der Waals surface area contributed by atoms with Gasteiger partial charge in [-0.2, -0.15) is 17.9 Å². The lowest BCUT2D eigenvalue weighted by Crippen LogP contribution is -2.38. The van der Waals surface area contributed by atoms with Gasteiger partial charge in [0.25, 0.3) is 10.0 Å². The van der Waals surface area contributed by atoms with Crippen molar-refractivity contribution < 1.29 is 30.8 Å². The summed E-state index contributed by atoms with van der Waals surface area (Å²) in [5, 5.41) is 0.367. The number of aromatic nitrogens is 1. The minimum absolute atomic E-state index is 0.0680. The monoisotopic (exact) mass is 502 g/mol. The molecule has 2 heterocycles. The number of para-hydroxylation sites is 1. The van der Waals surface area contributed by atoms with E-state index in [1.165, 1.54) is 19.1 Å². The molecule has 0 amide bonds. The van der Waals surface area contributed by atoms with Gasteiger partial charge in [-0.3, -0.25) is 9.78 Å². The summed E-state index contributed by atoms with van der Waals surface area (Å²) >= 11 is 0. The Labute approximate surface area is 199 Å². The summed E-state index contributed by atoms with van der Waals surface area (Å²) in [6.07, 6.45) is -2.96. The molecular formula is C25H21F3N2O4S. The van der Waals surface area contributed by atoms with Crippen LogP contribution >= 0.6 is 0 Å². The lowest BCUT2D eigenvalue weighted by atomic mass is 10.00. The average molecular weight is 503 g/mol. The number of sulfonamides is 1. The fourth-order valence-electron chi connectivity index (χ4n) is 3.57. The van der Waals surface area contributed by atoms with Gasteiger partial charge < -0.3 is 4.42 Å². The van der Waals surface area contributed by atoms with Gasteiger partial charge in [0.05, 0.1) is 6.04 Å². The second-order valence-electron chi connectivity index (χ2n) is 8.04. The number of aryl methyl sites for hydroxylation is 1. The Balaban J connectivity index is 1.39. The van der Waals surface area contributed by atoms with E-state index in [0.717, 1.165) is 17.8 Å². The Bertz CT molecular complexity index is 1430. The van der Waals surface area contributed by atoms with Crippen LogP contribution in [0, 0.1) is 0 Å². The molecule has 0 unspecified atom stereocenters. The molecular weight excluding hydrogens is 481 g/mol. The highest BCUT2D eigenvalue weighted by Crippen LogP contribution is 2.29. The van der Waals surface area contributed by atoms with Gasteiger partial charge >= 0.3 is 6.18 Å². The molecule has 0 saturated carbocycles. The smallest absolute Gasteiger partial charge is 0.433 e. The molecule has 0 radical (unpaired) electrons. The maximum Gasteiger partial charge on any atom is 0.433 e. The van der Waals surface area contributed by atoms with Crippen molar-refractivity contribution >= 4 is 26.8 Å². The molecule has 0 aliphatic heterocycles. The molecule has 6 nitrogen and oxygen atoms in total. The number of alkyl halides is 3. The number of ketones is 1. The van der Waals surface area contributed by atoms with E-state index in [1.807, 2.05) is 0 Å². The van der Waals surface area contributed by atoms with E-state index in [-0.39, 0.29) is 17.3 Å². The molecule has 4 rings (SSSR count). The number of pyridine rings is 1. The number of nitrogens with zero attached hydrogens (tertiary/aromatic N) is 1. The maximum absolute atomic E-state index is 12.7. The highest BCUT2D eigenvalue weighted by Gasteiger charge is 2.32. The summed E-state index contributed by atoms with van der Waals surface area (Å²) in [6, 6.07) is 16.6. The zero-order valence-corrected chi connectivity index (χ0v) is 19.4. The molecule has 1 N–H and O–H groups in total. The number of Topliss-reactive ketones (excluding diaryl/α,β-unsaturated/α-hetero) is 1. The summed E-state index contributed by atoms with van der Waals surface area (Å²) in [5.41, 5.74) is 1.41. The first-order chi connectivity index (χ1) is 16.5. The van der Waals surface area contributed by atoms with E-state index in [2.05, 4.69) is 9.71 Å². The lowest BCUT2D eigenvalue weighted by molar-refractivity contribution is -0.141. The van der Waals surface area contributed by atoms with E-state index in [1.54, 1.807) is 48.5 Å². The van der Waals surface area contributed by atoms with Gasteiger partial charge in [-0.1, -0.05) is 48.5 Å². The van der Waals surface area contributed by atoms with Gasteiger partial charge in [0, 0.05) is 29.6 Å². The van der Waals surface area contributed by atoms with Crippen LogP contribution in [0.5, 0.6) is 0 Å². The van der Waals surface area contributed by atoms with Crippen LogP contribution < -0.4 is 4.72 Å². The third-order valence-electron chi connectivity index (χ3n) is 5.46. The fraction of sp³-hybridized carbons (Fsp3) is 0.200. The van der Waals surface area contributed by atoms with Crippen molar-refractivity contribution in [1.29, 1.82) is 0 Å². The quantitative estimate of drug-likeness (QED) is 0.349. The van der Waals surface area contributed by atoms with Crippen molar-refractivity contribution in [2.45, 2.75) is 37.1 Å². The summed E-state index contributed by atoms with van der Waals surface area (Å²) in [4.78, 5) is 16.1. The lowest BCUT2D eigenvalue weighted by Gasteiger charge is -2.12. The van der Waals surface area contributed by atoms with Crippen molar-refractivity contribution in [3.05, 3.63) is 84.2 Å². The molecule has 10 heteroatoms. The Morgan fingerprint density at radius 2 is 1.80 bits per heavy atom. The number of benzene rings is 2. The van der Waals surface area contributed by atoms with Crippen LogP contribution in [0.25, 0.3) is 22.1 Å². The normalized spacial score (nSPS) is 13.1. The van der Waals surface area contributed by atoms with Crippen molar-refractivity contribution in [2.75, 3.05) is 0 Å². The number of hydrogen-bond donors (Lipinski definition) is 1. The van der Waals surface area contributed by atoms with Crippen molar-refractivity contribution in [3.63, 3.8) is 0 Å². The fourth-order valence-corrected chi connectivity index (χ4v) is 4.76. The zero-order chi connectivity index (χ0) is 25.2. The molecule has 0 saturated heterocycles. The minimum atomic E-state index is -4.51. The number of furan rings is 1. The molecule has 2 aromatic carbocycles. The van der Waals surface area contributed by atoms with Gasteiger partial charge in [0.15, 0.2) is 5.78 Å². The molecule has 4 aromatic rings. The van der Waals surface area contributed by atoms with Crippen LogP contribution in [-0.2, 0) is 27.4 Å². The largest absolute Gasteiger partial charge is 0.443 e. The van der Waals surface area contributed by atoms with Gasteiger partial charge in [-0.05, 0) is 36.6 Å². The van der Waals surface area contributed by atoms with Crippen LogP contribution in [-0.4, -0.2) is 25.2 Å². The van der Waals surface area contributed by atoms with E-state index in [4.69, 9.17) is 4.42 Å². The first kappa shape index (κ1) is 24.6. The predicted molar refractivity (Wildman–Crippen MR) is 124 cm³/mol. The molecule has 0 aliphatic rings. The van der Waals surface area contributed by atoms with Crippen LogP contribution in [0.1, 0.15) is 24.6 Å². The Morgan fingerprint density at radius 3 is 2.49 bits per heavy atom. The third-order valence-corrected chi connectivity index (χ3v) is 6.85. The van der Waals surface area contributed by atoms with Gasteiger partial charge in [-0.15, -0.1) is 0 Å². The van der Waals surface area contributed by atoms with Crippen molar-refractivity contribution in [3.8, 4) is 11.1 Å². The molecule has 0 spiro atoms. The van der Waals surface area contributed by atoms with E-state index >= 15 is 0 Å². The van der Waals surface area contributed by atoms with Gasteiger partial charge in [0.1, 0.15) is 11.3 Å². The van der Waals surface area contributed by atoms with Gasteiger partial charge in [-0.25, -0.2) is 8.42 Å². The highest BCUT2D eigenvalue weighted by atomic mass is 32.2. The third kappa shape index (κ3) is 5.77. The molecule has 0 bridgehead atoms. The topological polar surface area (TPSA) is 89.3 Å². The first-order valence-electron chi connectivity index (χ1n) is 10.7. The number of hydrogen-bond acceptors (Lipinski definition) is 5. The summed E-state index contributed by atoms with van der Waals surface area (Å²) < 4.78 is 71.2. The summed E-state index contributed by atoms with van der Waals surface area (Å²) in [5.74, 6) is -0.314. The Morgan fingerprint density at radius 1 is 1.03 bits per heavy atom. The molecule has 182 valence electrons. The number of carbonyl (C=O) groups excluding carboxylic acids is 1. The van der Waals surface area contributed by atoms with Crippen LogP contribution in [0.3, 0.4) is 0 Å². The number of nitrogens with one attached hydrogen (secondary N) is 1. The number of fused-ring (bicyclic) bond motifs is 1. The molecule has 1 atom stereocenters. The average Bonchev–Trinajstić information content (AvgIpc) is 3.27. The van der Waals surface area contributed by atoms with E-state index < -0.39 is 27.9 Å². The summed E-state index contributed by atoms with van der Waals surface area (Å²) in [6.45, 7) is 1.47.